The average molecular weight is 202 g/mol. The molecule has 4 nitrogen and oxygen atoms in total. The number of hydrogen-bond acceptors (Lipinski definition) is 3. The van der Waals surface area contributed by atoms with Crippen molar-refractivity contribution in [1.29, 1.82) is 0 Å². The summed E-state index contributed by atoms with van der Waals surface area (Å²) in [7, 11) is 0. The first kappa shape index (κ1) is 7.64. The van der Waals surface area contributed by atoms with E-state index in [1.165, 1.54) is 0 Å². The molecule has 5 heteroatoms. The maximum absolute atomic E-state index is 5.12. The number of rotatable bonds is 0. The standard InChI is InChI=1S/C9H6N4S/c14-9-11-7-4-2-1-3-6(7)8-5-10-12-13(8)9/h1-5,12H. The summed E-state index contributed by atoms with van der Waals surface area (Å²) in [6, 6.07) is 7.86. The third-order valence-corrected chi connectivity index (χ3v) is 2.45. The molecule has 0 aliphatic heterocycles. The van der Waals surface area contributed by atoms with Crippen molar-refractivity contribution in [1.82, 2.24) is 19.8 Å². The zero-order valence-corrected chi connectivity index (χ0v) is 7.95. The molecule has 0 aliphatic rings. The fraction of sp³-hybridized carbons (Fsp3) is 0. The van der Waals surface area contributed by atoms with Crippen molar-refractivity contribution in [3.05, 3.63) is 35.2 Å². The summed E-state index contributed by atoms with van der Waals surface area (Å²) < 4.78 is 2.19. The quantitative estimate of drug-likeness (QED) is 0.567. The van der Waals surface area contributed by atoms with Crippen LogP contribution in [-0.4, -0.2) is 19.8 Å². The van der Waals surface area contributed by atoms with Gasteiger partial charge < -0.3 is 0 Å². The SMILES string of the molecule is S=c1nc2ccccc2c2cn[nH]n12. The molecular weight excluding hydrogens is 196 g/mol. The Morgan fingerprint density at radius 1 is 1.29 bits per heavy atom. The van der Waals surface area contributed by atoms with Gasteiger partial charge in [-0.3, -0.25) is 0 Å². The average Bonchev–Trinajstić information content (AvgIpc) is 2.67. The molecule has 14 heavy (non-hydrogen) atoms. The predicted molar refractivity (Wildman–Crippen MR) is 55.7 cm³/mol. The van der Waals surface area contributed by atoms with E-state index in [0.29, 0.717) is 4.77 Å². The lowest BCUT2D eigenvalue weighted by molar-refractivity contribution is 0.828. The molecular formula is C9H6N4S. The van der Waals surface area contributed by atoms with Crippen LogP contribution in [0, 0.1) is 4.77 Å². The van der Waals surface area contributed by atoms with Crippen LogP contribution in [0.3, 0.4) is 0 Å². The van der Waals surface area contributed by atoms with Gasteiger partial charge in [-0.15, -0.1) is 0 Å². The Kier molecular flexibility index (Phi) is 1.43. The van der Waals surface area contributed by atoms with Crippen molar-refractivity contribution in [2.24, 2.45) is 0 Å². The van der Waals surface area contributed by atoms with Crippen LogP contribution in [-0.2, 0) is 0 Å². The summed E-state index contributed by atoms with van der Waals surface area (Å²) >= 11 is 5.12. The van der Waals surface area contributed by atoms with E-state index in [1.807, 2.05) is 24.3 Å². The van der Waals surface area contributed by atoms with E-state index < -0.39 is 0 Å². The Morgan fingerprint density at radius 3 is 3.07 bits per heavy atom. The number of para-hydroxylation sites is 1. The van der Waals surface area contributed by atoms with Crippen molar-refractivity contribution in [2.45, 2.75) is 0 Å². The lowest BCUT2D eigenvalue weighted by Crippen LogP contribution is -1.93. The molecule has 0 saturated carbocycles. The van der Waals surface area contributed by atoms with Crippen molar-refractivity contribution >= 4 is 28.6 Å². The topological polar surface area (TPSA) is 46.0 Å². The maximum Gasteiger partial charge on any atom is 0.221 e. The highest BCUT2D eigenvalue weighted by molar-refractivity contribution is 7.71. The molecule has 0 saturated heterocycles. The van der Waals surface area contributed by atoms with E-state index in [4.69, 9.17) is 12.2 Å². The van der Waals surface area contributed by atoms with Crippen LogP contribution >= 0.6 is 12.2 Å². The van der Waals surface area contributed by atoms with Crippen molar-refractivity contribution in [2.75, 3.05) is 0 Å². The second kappa shape index (κ2) is 2.62. The van der Waals surface area contributed by atoms with Crippen LogP contribution in [0.25, 0.3) is 16.4 Å². The first-order chi connectivity index (χ1) is 6.86. The van der Waals surface area contributed by atoms with E-state index in [9.17, 15) is 0 Å². The lowest BCUT2D eigenvalue weighted by atomic mass is 10.2. The number of hydrogen-bond donors (Lipinski definition) is 1. The third kappa shape index (κ3) is 0.898. The minimum atomic E-state index is 0.496. The number of fused-ring (bicyclic) bond motifs is 3. The predicted octanol–water partition coefficient (Wildman–Crippen LogP) is 1.94. The van der Waals surface area contributed by atoms with E-state index in [2.05, 4.69) is 15.3 Å². The van der Waals surface area contributed by atoms with Gasteiger partial charge in [0.05, 0.1) is 17.2 Å². The first-order valence-corrected chi connectivity index (χ1v) is 4.58. The molecule has 0 fully saturated rings. The second-order valence-electron chi connectivity index (χ2n) is 2.99. The highest BCUT2D eigenvalue weighted by atomic mass is 32.1. The molecule has 3 aromatic rings. The molecule has 2 heterocycles. The van der Waals surface area contributed by atoms with Gasteiger partial charge in [-0.05, 0) is 18.3 Å². The maximum atomic E-state index is 5.12. The lowest BCUT2D eigenvalue weighted by Gasteiger charge is -1.98. The van der Waals surface area contributed by atoms with Crippen molar-refractivity contribution in [3.8, 4) is 0 Å². The van der Waals surface area contributed by atoms with Gasteiger partial charge in [0.1, 0.15) is 0 Å². The molecule has 0 spiro atoms. The van der Waals surface area contributed by atoms with Crippen molar-refractivity contribution < 1.29 is 0 Å². The highest BCUT2D eigenvalue weighted by Gasteiger charge is 2.02. The zero-order chi connectivity index (χ0) is 9.54. The summed E-state index contributed by atoms with van der Waals surface area (Å²) in [5.74, 6) is 0. The Morgan fingerprint density at radius 2 is 2.14 bits per heavy atom. The minimum Gasteiger partial charge on any atom is -0.218 e. The Balaban J connectivity index is 2.73. The summed E-state index contributed by atoms with van der Waals surface area (Å²) in [4.78, 5) is 4.28. The van der Waals surface area contributed by atoms with Gasteiger partial charge in [-0.2, -0.15) is 5.10 Å². The molecule has 0 amide bonds. The van der Waals surface area contributed by atoms with Gasteiger partial charge in [-0.25, -0.2) is 14.7 Å². The second-order valence-corrected chi connectivity index (χ2v) is 3.36. The van der Waals surface area contributed by atoms with E-state index in [0.717, 1.165) is 16.4 Å². The van der Waals surface area contributed by atoms with Crippen molar-refractivity contribution in [3.63, 3.8) is 0 Å². The summed E-state index contributed by atoms with van der Waals surface area (Å²) in [5, 5.41) is 7.77. The molecule has 0 bridgehead atoms. The molecule has 0 unspecified atom stereocenters. The van der Waals surface area contributed by atoms with Crippen LogP contribution < -0.4 is 0 Å². The monoisotopic (exact) mass is 202 g/mol. The molecule has 0 atom stereocenters. The Labute approximate surface area is 84.2 Å². The van der Waals surface area contributed by atoms with Crippen LogP contribution in [0.2, 0.25) is 0 Å². The zero-order valence-electron chi connectivity index (χ0n) is 7.14. The largest absolute Gasteiger partial charge is 0.221 e. The van der Waals surface area contributed by atoms with E-state index >= 15 is 0 Å². The van der Waals surface area contributed by atoms with E-state index in [-0.39, 0.29) is 0 Å². The molecule has 0 radical (unpaired) electrons. The number of nitrogens with zero attached hydrogens (tertiary/aromatic N) is 3. The fourth-order valence-corrected chi connectivity index (χ4v) is 1.77. The molecule has 0 aliphatic carbocycles. The Bertz CT molecular complexity index is 667. The number of nitrogens with one attached hydrogen (secondary N) is 1. The smallest absolute Gasteiger partial charge is 0.218 e. The first-order valence-electron chi connectivity index (χ1n) is 4.17. The summed E-state index contributed by atoms with van der Waals surface area (Å²) in [6.07, 6.45) is 1.75. The number of aromatic amines is 1. The normalized spacial score (nSPS) is 11.1. The molecule has 2 aromatic heterocycles. The minimum absolute atomic E-state index is 0.496. The van der Waals surface area contributed by atoms with Gasteiger partial charge in [0.15, 0.2) is 0 Å². The van der Waals surface area contributed by atoms with Gasteiger partial charge in [0.25, 0.3) is 0 Å². The summed E-state index contributed by atoms with van der Waals surface area (Å²) in [6.45, 7) is 0. The fourth-order valence-electron chi connectivity index (χ4n) is 1.54. The van der Waals surface area contributed by atoms with Gasteiger partial charge in [-0.1, -0.05) is 18.2 Å². The van der Waals surface area contributed by atoms with E-state index in [1.54, 1.807) is 10.7 Å². The number of aromatic nitrogens is 4. The van der Waals surface area contributed by atoms with Gasteiger partial charge in [0, 0.05) is 5.39 Å². The molecule has 1 aromatic carbocycles. The number of H-pyrrole nitrogens is 1. The molecule has 68 valence electrons. The molecule has 3 rings (SSSR count). The molecule has 1 N–H and O–H groups in total. The Hall–Kier alpha value is -1.75. The van der Waals surface area contributed by atoms with Crippen LogP contribution in [0.5, 0.6) is 0 Å². The summed E-state index contributed by atoms with van der Waals surface area (Å²) in [5.41, 5.74) is 1.86. The van der Waals surface area contributed by atoms with Gasteiger partial charge >= 0.3 is 0 Å². The third-order valence-electron chi connectivity index (χ3n) is 2.17. The van der Waals surface area contributed by atoms with Crippen LogP contribution in [0.15, 0.2) is 30.5 Å². The van der Waals surface area contributed by atoms with Gasteiger partial charge in [0.2, 0.25) is 4.77 Å². The van der Waals surface area contributed by atoms with Crippen LogP contribution in [0.4, 0.5) is 0 Å². The number of benzene rings is 1. The highest BCUT2D eigenvalue weighted by Crippen LogP contribution is 2.16. The van der Waals surface area contributed by atoms with Crippen LogP contribution in [0.1, 0.15) is 0 Å².